The van der Waals surface area contributed by atoms with Crippen LogP contribution in [0.15, 0.2) is 85.1 Å². The van der Waals surface area contributed by atoms with E-state index in [-0.39, 0.29) is 11.8 Å². The number of aromatic nitrogens is 1. The summed E-state index contributed by atoms with van der Waals surface area (Å²) in [6.07, 6.45) is 4.03. The van der Waals surface area contributed by atoms with E-state index < -0.39 is 0 Å². The van der Waals surface area contributed by atoms with Gasteiger partial charge >= 0.3 is 0 Å². The number of amides is 2. The first-order chi connectivity index (χ1) is 16.7. The fourth-order valence-electron chi connectivity index (χ4n) is 4.75. The summed E-state index contributed by atoms with van der Waals surface area (Å²) in [6.45, 7) is 2.26. The van der Waals surface area contributed by atoms with E-state index in [1.54, 1.807) is 0 Å². The van der Waals surface area contributed by atoms with Gasteiger partial charge in [0, 0.05) is 48.8 Å². The van der Waals surface area contributed by atoms with Crippen molar-refractivity contribution in [1.82, 2.24) is 14.8 Å². The Morgan fingerprint density at radius 2 is 1.38 bits per heavy atom. The van der Waals surface area contributed by atoms with Crippen LogP contribution in [0.2, 0.25) is 0 Å². The summed E-state index contributed by atoms with van der Waals surface area (Å²) in [6, 6.07) is 26.3. The molecule has 0 bridgehead atoms. The maximum absolute atomic E-state index is 13.3. The van der Waals surface area contributed by atoms with E-state index in [9.17, 15) is 9.59 Å². The van der Waals surface area contributed by atoms with Crippen LogP contribution < -0.4 is 0 Å². The summed E-state index contributed by atoms with van der Waals surface area (Å²) in [4.78, 5) is 33.3. The number of carbonyl (C=O) groups is 2. The lowest BCUT2D eigenvalue weighted by molar-refractivity contribution is -0.131. The van der Waals surface area contributed by atoms with Crippen LogP contribution in [0.5, 0.6) is 0 Å². The molecule has 2 heterocycles. The van der Waals surface area contributed by atoms with Gasteiger partial charge in [0.2, 0.25) is 5.91 Å². The Hall–Kier alpha value is -3.86. The first-order valence-corrected chi connectivity index (χ1v) is 11.9. The molecule has 2 amide bonds. The molecule has 1 aliphatic rings. The van der Waals surface area contributed by atoms with Gasteiger partial charge in [-0.1, -0.05) is 66.7 Å². The summed E-state index contributed by atoms with van der Waals surface area (Å²) < 4.78 is 0. The zero-order valence-electron chi connectivity index (χ0n) is 19.2. The Bertz CT molecular complexity index is 1290. The van der Waals surface area contributed by atoms with Gasteiger partial charge in [0.05, 0.1) is 6.42 Å². The molecule has 1 fully saturated rings. The molecule has 1 saturated heterocycles. The fraction of sp³-hybridized carbons (Fsp3) is 0.241. The number of nitrogens with zero attached hydrogens (tertiary/aromatic N) is 2. The van der Waals surface area contributed by atoms with Crippen LogP contribution in [0.1, 0.15) is 27.0 Å². The monoisotopic (exact) mass is 451 g/mol. The summed E-state index contributed by atoms with van der Waals surface area (Å²) in [5.41, 5.74) is 5.19. The van der Waals surface area contributed by atoms with E-state index in [2.05, 4.69) is 23.2 Å². The van der Waals surface area contributed by atoms with Crippen LogP contribution in [0.3, 0.4) is 0 Å². The van der Waals surface area contributed by atoms with Gasteiger partial charge in [-0.2, -0.15) is 0 Å². The van der Waals surface area contributed by atoms with Gasteiger partial charge in [0.25, 0.3) is 5.91 Å². The third-order valence-corrected chi connectivity index (χ3v) is 6.71. The highest BCUT2D eigenvalue weighted by Gasteiger charge is 2.26. The van der Waals surface area contributed by atoms with Crippen molar-refractivity contribution in [2.24, 2.45) is 0 Å². The lowest BCUT2D eigenvalue weighted by Gasteiger charge is -2.35. The van der Waals surface area contributed by atoms with E-state index in [0.29, 0.717) is 32.6 Å². The number of para-hydroxylation sites is 1. The minimum atomic E-state index is 0.0624. The number of hydrogen-bond acceptors (Lipinski definition) is 2. The number of aryl methyl sites for hydroxylation is 2. The molecule has 0 saturated carbocycles. The second-order valence-electron chi connectivity index (χ2n) is 8.85. The second-order valence-corrected chi connectivity index (χ2v) is 8.85. The van der Waals surface area contributed by atoms with Gasteiger partial charge in [-0.3, -0.25) is 9.59 Å². The Morgan fingerprint density at radius 1 is 0.706 bits per heavy atom. The van der Waals surface area contributed by atoms with Crippen molar-refractivity contribution in [1.29, 1.82) is 0 Å². The molecule has 5 rings (SSSR count). The van der Waals surface area contributed by atoms with Crippen molar-refractivity contribution in [2.75, 3.05) is 26.2 Å². The minimum Gasteiger partial charge on any atom is -0.361 e. The molecule has 0 unspecified atom stereocenters. The Kier molecular flexibility index (Phi) is 6.43. The van der Waals surface area contributed by atoms with Gasteiger partial charge in [0.1, 0.15) is 0 Å². The normalized spacial score (nSPS) is 13.9. The molecular weight excluding hydrogens is 422 g/mol. The number of hydrogen-bond donors (Lipinski definition) is 1. The van der Waals surface area contributed by atoms with Crippen LogP contribution in [-0.4, -0.2) is 52.8 Å². The molecule has 0 aliphatic carbocycles. The molecule has 4 aromatic rings. The molecule has 5 nitrogen and oxygen atoms in total. The number of carbonyl (C=O) groups excluding carboxylic acids is 2. The third kappa shape index (κ3) is 4.74. The lowest BCUT2D eigenvalue weighted by atomic mass is 9.99. The smallest absolute Gasteiger partial charge is 0.254 e. The fourth-order valence-corrected chi connectivity index (χ4v) is 4.75. The maximum Gasteiger partial charge on any atom is 0.254 e. The predicted octanol–water partition coefficient (Wildman–Crippen LogP) is 4.48. The first-order valence-electron chi connectivity index (χ1n) is 11.9. The van der Waals surface area contributed by atoms with E-state index in [1.807, 2.05) is 76.7 Å². The maximum atomic E-state index is 13.3. The minimum absolute atomic E-state index is 0.0624. The molecule has 0 spiro atoms. The largest absolute Gasteiger partial charge is 0.361 e. The van der Waals surface area contributed by atoms with Crippen LogP contribution in [0.25, 0.3) is 10.9 Å². The van der Waals surface area contributed by atoms with Crippen molar-refractivity contribution in [2.45, 2.75) is 19.3 Å². The molecule has 1 aliphatic heterocycles. The zero-order valence-corrected chi connectivity index (χ0v) is 19.2. The highest BCUT2D eigenvalue weighted by molar-refractivity contribution is 5.96. The summed E-state index contributed by atoms with van der Waals surface area (Å²) in [5.74, 6) is 0.174. The summed E-state index contributed by atoms with van der Waals surface area (Å²) in [7, 11) is 0. The number of piperazine rings is 1. The Morgan fingerprint density at radius 3 is 2.21 bits per heavy atom. The average Bonchev–Trinajstić information content (AvgIpc) is 3.30. The van der Waals surface area contributed by atoms with Crippen molar-refractivity contribution in [3.63, 3.8) is 0 Å². The number of nitrogens with one attached hydrogen (secondary N) is 1. The van der Waals surface area contributed by atoms with Crippen LogP contribution in [0.4, 0.5) is 0 Å². The lowest BCUT2D eigenvalue weighted by Crippen LogP contribution is -2.51. The molecular formula is C29H29N3O2. The molecule has 0 atom stereocenters. The molecule has 0 radical (unpaired) electrons. The number of aromatic amines is 1. The number of benzene rings is 3. The molecule has 3 aromatic carbocycles. The van der Waals surface area contributed by atoms with Gasteiger partial charge in [-0.25, -0.2) is 0 Å². The van der Waals surface area contributed by atoms with Crippen LogP contribution >= 0.6 is 0 Å². The van der Waals surface area contributed by atoms with Crippen molar-refractivity contribution < 1.29 is 9.59 Å². The van der Waals surface area contributed by atoms with Crippen LogP contribution in [0, 0.1) is 0 Å². The topological polar surface area (TPSA) is 56.4 Å². The van der Waals surface area contributed by atoms with Crippen molar-refractivity contribution in [3.8, 4) is 0 Å². The summed E-state index contributed by atoms with van der Waals surface area (Å²) >= 11 is 0. The van der Waals surface area contributed by atoms with Gasteiger partial charge in [-0.15, -0.1) is 0 Å². The van der Waals surface area contributed by atoms with Gasteiger partial charge in [0.15, 0.2) is 0 Å². The zero-order chi connectivity index (χ0) is 23.3. The standard InChI is InChI=1S/C29H29N3O2/c33-28(20-24-21-30-27-13-7-6-11-25(24)27)31-16-18-32(19-17-31)29(34)26-12-5-4-10-23(26)15-14-22-8-2-1-3-9-22/h1-13,21,30H,14-20H2. The summed E-state index contributed by atoms with van der Waals surface area (Å²) in [5, 5.41) is 1.09. The van der Waals surface area contributed by atoms with E-state index in [4.69, 9.17) is 0 Å². The molecule has 1 aromatic heterocycles. The Labute approximate surface area is 200 Å². The van der Waals surface area contributed by atoms with E-state index in [1.165, 1.54) is 5.56 Å². The van der Waals surface area contributed by atoms with Gasteiger partial charge < -0.3 is 14.8 Å². The van der Waals surface area contributed by atoms with Crippen molar-refractivity contribution in [3.05, 3.63) is 107 Å². The second kappa shape index (κ2) is 9.96. The predicted molar refractivity (Wildman–Crippen MR) is 135 cm³/mol. The SMILES string of the molecule is O=C(Cc1c[nH]c2ccccc12)N1CCN(C(=O)c2ccccc2CCc2ccccc2)CC1. The molecule has 34 heavy (non-hydrogen) atoms. The highest BCUT2D eigenvalue weighted by Crippen LogP contribution is 2.20. The highest BCUT2D eigenvalue weighted by atomic mass is 16.2. The average molecular weight is 452 g/mol. The number of H-pyrrole nitrogens is 1. The molecule has 172 valence electrons. The molecule has 1 N–H and O–H groups in total. The van der Waals surface area contributed by atoms with E-state index in [0.717, 1.165) is 40.4 Å². The first kappa shape index (κ1) is 22.0. The van der Waals surface area contributed by atoms with E-state index >= 15 is 0 Å². The number of fused-ring (bicyclic) bond motifs is 1. The quantitative estimate of drug-likeness (QED) is 0.470. The van der Waals surface area contributed by atoms with Crippen molar-refractivity contribution >= 4 is 22.7 Å². The third-order valence-electron chi connectivity index (χ3n) is 6.71. The number of rotatable bonds is 6. The Balaban J connectivity index is 1.19. The van der Waals surface area contributed by atoms with Gasteiger partial charge in [-0.05, 0) is 41.7 Å². The molecule has 5 heteroatoms. The van der Waals surface area contributed by atoms with Crippen LogP contribution in [-0.2, 0) is 24.1 Å².